The standard InChI is InChI=1S/C25H25Cl2N3O4S/c1-18(25(32)28-2)29(16-19-10-6-7-13-21(19)26)24(31)17-30(23-15-9-8-14-22(23)27)35(33,34)20-11-4-3-5-12-20/h3-15,18H,16-17H2,1-2H3,(H,28,32)/t18-/m1/s1. The summed E-state index contributed by atoms with van der Waals surface area (Å²) in [6.07, 6.45) is 0. The van der Waals surface area contributed by atoms with Gasteiger partial charge in [0.25, 0.3) is 10.0 Å². The SMILES string of the molecule is CNC(=O)[C@@H](C)N(Cc1ccccc1Cl)C(=O)CN(c1ccccc1Cl)S(=O)(=O)c1ccccc1. The number of hydrogen-bond donors (Lipinski definition) is 1. The van der Waals surface area contributed by atoms with Crippen molar-refractivity contribution in [3.63, 3.8) is 0 Å². The summed E-state index contributed by atoms with van der Waals surface area (Å²) >= 11 is 12.7. The lowest BCUT2D eigenvalue weighted by molar-refractivity contribution is -0.139. The zero-order chi connectivity index (χ0) is 25.6. The molecule has 0 saturated heterocycles. The van der Waals surface area contributed by atoms with E-state index in [1.807, 2.05) is 0 Å². The van der Waals surface area contributed by atoms with Crippen molar-refractivity contribution in [3.8, 4) is 0 Å². The van der Waals surface area contributed by atoms with Crippen LogP contribution in [-0.4, -0.2) is 44.8 Å². The number of carbonyl (C=O) groups is 2. The molecule has 0 unspecified atom stereocenters. The number of carbonyl (C=O) groups excluding carboxylic acids is 2. The number of nitrogens with one attached hydrogen (secondary N) is 1. The molecule has 1 N–H and O–H groups in total. The van der Waals surface area contributed by atoms with Gasteiger partial charge in [0.1, 0.15) is 12.6 Å². The number of sulfonamides is 1. The van der Waals surface area contributed by atoms with Crippen LogP contribution >= 0.6 is 23.2 Å². The van der Waals surface area contributed by atoms with Gasteiger partial charge in [-0.3, -0.25) is 13.9 Å². The molecule has 0 aliphatic heterocycles. The number of likely N-dealkylation sites (N-methyl/N-ethyl adjacent to an activating group) is 1. The maximum absolute atomic E-state index is 13.6. The van der Waals surface area contributed by atoms with Gasteiger partial charge in [-0.05, 0) is 42.8 Å². The summed E-state index contributed by atoms with van der Waals surface area (Å²) in [5, 5.41) is 3.12. The third-order valence-electron chi connectivity index (χ3n) is 5.44. The fourth-order valence-corrected chi connectivity index (χ4v) is 5.43. The molecular formula is C25H25Cl2N3O4S. The van der Waals surface area contributed by atoms with Crippen molar-refractivity contribution in [1.29, 1.82) is 0 Å². The Morgan fingerprint density at radius 3 is 2.06 bits per heavy atom. The predicted molar refractivity (Wildman–Crippen MR) is 138 cm³/mol. The zero-order valence-corrected chi connectivity index (χ0v) is 21.5. The van der Waals surface area contributed by atoms with Gasteiger partial charge in [0.05, 0.1) is 15.6 Å². The molecule has 0 saturated carbocycles. The Bertz CT molecular complexity index is 1300. The van der Waals surface area contributed by atoms with Crippen LogP contribution < -0.4 is 9.62 Å². The van der Waals surface area contributed by atoms with Crippen LogP contribution in [0.25, 0.3) is 0 Å². The topological polar surface area (TPSA) is 86.8 Å². The minimum atomic E-state index is -4.16. The van der Waals surface area contributed by atoms with Crippen molar-refractivity contribution in [2.24, 2.45) is 0 Å². The fourth-order valence-electron chi connectivity index (χ4n) is 3.49. The van der Waals surface area contributed by atoms with Gasteiger partial charge in [-0.25, -0.2) is 8.42 Å². The summed E-state index contributed by atoms with van der Waals surface area (Å²) < 4.78 is 28.2. The van der Waals surface area contributed by atoms with Crippen molar-refractivity contribution < 1.29 is 18.0 Å². The van der Waals surface area contributed by atoms with Crippen LogP contribution in [-0.2, 0) is 26.2 Å². The van der Waals surface area contributed by atoms with Crippen molar-refractivity contribution in [2.75, 3.05) is 17.9 Å². The van der Waals surface area contributed by atoms with E-state index in [-0.39, 0.29) is 22.2 Å². The number of halogens is 2. The highest BCUT2D eigenvalue weighted by Gasteiger charge is 2.33. The molecule has 10 heteroatoms. The smallest absolute Gasteiger partial charge is 0.264 e. The molecule has 0 fully saturated rings. The maximum Gasteiger partial charge on any atom is 0.264 e. The molecule has 0 aliphatic rings. The minimum Gasteiger partial charge on any atom is -0.357 e. The fraction of sp³-hybridized carbons (Fsp3) is 0.200. The number of para-hydroxylation sites is 1. The summed E-state index contributed by atoms with van der Waals surface area (Å²) in [4.78, 5) is 27.4. The quantitative estimate of drug-likeness (QED) is 0.442. The average molecular weight is 534 g/mol. The highest BCUT2D eigenvalue weighted by atomic mass is 35.5. The average Bonchev–Trinajstić information content (AvgIpc) is 2.86. The van der Waals surface area contributed by atoms with E-state index in [0.29, 0.717) is 10.6 Å². The van der Waals surface area contributed by atoms with Crippen molar-refractivity contribution in [3.05, 3.63) is 94.5 Å². The number of hydrogen-bond acceptors (Lipinski definition) is 4. The molecule has 3 aromatic rings. The largest absolute Gasteiger partial charge is 0.357 e. The highest BCUT2D eigenvalue weighted by molar-refractivity contribution is 7.92. The summed E-state index contributed by atoms with van der Waals surface area (Å²) in [6, 6.07) is 20.2. The first kappa shape index (κ1) is 26.5. The van der Waals surface area contributed by atoms with E-state index in [4.69, 9.17) is 23.2 Å². The van der Waals surface area contributed by atoms with Gasteiger partial charge >= 0.3 is 0 Å². The van der Waals surface area contributed by atoms with Gasteiger partial charge < -0.3 is 10.2 Å². The number of amides is 2. The molecule has 0 bridgehead atoms. The first-order valence-electron chi connectivity index (χ1n) is 10.7. The molecule has 0 aliphatic carbocycles. The molecule has 0 spiro atoms. The lowest BCUT2D eigenvalue weighted by atomic mass is 10.1. The molecule has 3 aromatic carbocycles. The Labute approximate surface area is 215 Å². The third-order valence-corrected chi connectivity index (χ3v) is 7.91. The van der Waals surface area contributed by atoms with E-state index >= 15 is 0 Å². The highest BCUT2D eigenvalue weighted by Crippen LogP contribution is 2.30. The van der Waals surface area contributed by atoms with Gasteiger partial charge in [0.2, 0.25) is 11.8 Å². The number of benzene rings is 3. The number of rotatable bonds is 9. The van der Waals surface area contributed by atoms with Gasteiger partial charge in [-0.15, -0.1) is 0 Å². The molecule has 0 heterocycles. The predicted octanol–water partition coefficient (Wildman–Crippen LogP) is 4.35. The third kappa shape index (κ3) is 6.14. The van der Waals surface area contributed by atoms with Crippen LogP contribution in [0.4, 0.5) is 5.69 Å². The van der Waals surface area contributed by atoms with Gasteiger partial charge in [-0.1, -0.05) is 71.7 Å². The van der Waals surface area contributed by atoms with Gasteiger partial charge in [-0.2, -0.15) is 0 Å². The van der Waals surface area contributed by atoms with Gasteiger partial charge in [0, 0.05) is 18.6 Å². The monoisotopic (exact) mass is 533 g/mol. The Balaban J connectivity index is 2.05. The van der Waals surface area contributed by atoms with Crippen LogP contribution in [0.1, 0.15) is 12.5 Å². The normalized spacial score (nSPS) is 12.0. The lowest BCUT2D eigenvalue weighted by Gasteiger charge is -2.32. The van der Waals surface area contributed by atoms with E-state index in [2.05, 4.69) is 5.32 Å². The molecule has 184 valence electrons. The van der Waals surface area contributed by atoms with Crippen LogP contribution in [0.3, 0.4) is 0 Å². The molecular weight excluding hydrogens is 509 g/mol. The molecule has 1 atom stereocenters. The second-order valence-electron chi connectivity index (χ2n) is 7.68. The number of anilines is 1. The van der Waals surface area contributed by atoms with E-state index in [0.717, 1.165) is 4.31 Å². The molecule has 0 aromatic heterocycles. The molecule has 35 heavy (non-hydrogen) atoms. The summed E-state index contributed by atoms with van der Waals surface area (Å²) in [7, 11) is -2.70. The van der Waals surface area contributed by atoms with Crippen LogP contribution in [0.5, 0.6) is 0 Å². The van der Waals surface area contributed by atoms with Crippen LogP contribution in [0.15, 0.2) is 83.8 Å². The minimum absolute atomic E-state index is 0.00437. The van der Waals surface area contributed by atoms with Crippen molar-refractivity contribution in [1.82, 2.24) is 10.2 Å². The Morgan fingerprint density at radius 2 is 1.46 bits per heavy atom. The maximum atomic E-state index is 13.6. The molecule has 7 nitrogen and oxygen atoms in total. The first-order chi connectivity index (χ1) is 16.7. The van der Waals surface area contributed by atoms with Crippen LogP contribution in [0.2, 0.25) is 10.0 Å². The Morgan fingerprint density at radius 1 is 0.886 bits per heavy atom. The van der Waals surface area contributed by atoms with Crippen molar-refractivity contribution in [2.45, 2.75) is 24.4 Å². The summed E-state index contributed by atoms with van der Waals surface area (Å²) in [6.45, 7) is 1.00. The Kier molecular flexibility index (Phi) is 8.77. The lowest BCUT2D eigenvalue weighted by Crippen LogP contribution is -2.50. The van der Waals surface area contributed by atoms with E-state index < -0.39 is 34.4 Å². The van der Waals surface area contributed by atoms with E-state index in [1.54, 1.807) is 67.6 Å². The van der Waals surface area contributed by atoms with Crippen LogP contribution in [0, 0.1) is 0 Å². The Hall–Kier alpha value is -3.07. The summed E-state index contributed by atoms with van der Waals surface area (Å²) in [5.41, 5.74) is 0.769. The zero-order valence-electron chi connectivity index (χ0n) is 19.2. The second-order valence-corrected chi connectivity index (χ2v) is 10.4. The molecule has 2 amide bonds. The first-order valence-corrected chi connectivity index (χ1v) is 12.9. The molecule has 3 rings (SSSR count). The molecule has 0 radical (unpaired) electrons. The number of nitrogens with zero attached hydrogens (tertiary/aromatic N) is 2. The second kappa shape index (κ2) is 11.6. The van der Waals surface area contributed by atoms with Gasteiger partial charge in [0.15, 0.2) is 0 Å². The summed E-state index contributed by atoms with van der Waals surface area (Å²) in [5.74, 6) is -0.999. The van der Waals surface area contributed by atoms with E-state index in [1.165, 1.54) is 30.1 Å². The van der Waals surface area contributed by atoms with E-state index in [9.17, 15) is 18.0 Å². The van der Waals surface area contributed by atoms with Crippen molar-refractivity contribution >= 4 is 50.7 Å².